The van der Waals surface area contributed by atoms with Crippen LogP contribution in [0.25, 0.3) is 0 Å². The Bertz CT molecular complexity index is 286. The monoisotopic (exact) mass is 241 g/mol. The first kappa shape index (κ1) is 13.5. The third-order valence-corrected chi connectivity index (χ3v) is 2.78. The number of rotatable bonds is 7. The van der Waals surface area contributed by atoms with Gasteiger partial charge in [0.1, 0.15) is 0 Å². The van der Waals surface area contributed by atoms with Crippen LogP contribution in [0.5, 0.6) is 0 Å². The zero-order chi connectivity index (χ0) is 11.8. The average Bonchev–Trinajstić information content (AvgIpc) is 2.29. The first-order valence-electron chi connectivity index (χ1n) is 5.73. The highest BCUT2D eigenvalue weighted by Crippen LogP contribution is 2.18. The van der Waals surface area contributed by atoms with E-state index in [1.807, 2.05) is 12.1 Å². The molecular weight excluding hydrogens is 222 g/mol. The molecule has 0 aliphatic rings. The van der Waals surface area contributed by atoms with E-state index in [-0.39, 0.29) is 0 Å². The van der Waals surface area contributed by atoms with Crippen LogP contribution in [-0.2, 0) is 4.74 Å². The van der Waals surface area contributed by atoms with Crippen LogP contribution in [0.1, 0.15) is 24.8 Å². The van der Waals surface area contributed by atoms with Crippen molar-refractivity contribution in [3.05, 3.63) is 34.9 Å². The molecular formula is C13H20ClNO. The molecule has 0 aliphatic carbocycles. The Labute approximate surface area is 103 Å². The molecule has 0 bridgehead atoms. The molecule has 1 aromatic carbocycles. The van der Waals surface area contributed by atoms with E-state index in [0.717, 1.165) is 31.1 Å². The Hall–Kier alpha value is -0.570. The number of methoxy groups -OCH3 is 1. The van der Waals surface area contributed by atoms with Gasteiger partial charge in [-0.1, -0.05) is 30.7 Å². The van der Waals surface area contributed by atoms with Crippen molar-refractivity contribution in [3.8, 4) is 0 Å². The Kier molecular flexibility index (Phi) is 6.46. The minimum Gasteiger partial charge on any atom is -0.384 e. The van der Waals surface area contributed by atoms with Gasteiger partial charge in [-0.05, 0) is 30.7 Å². The largest absolute Gasteiger partial charge is 0.384 e. The maximum Gasteiger partial charge on any atom is 0.0543 e. The molecule has 0 aromatic heterocycles. The second-order valence-corrected chi connectivity index (χ2v) is 4.34. The summed E-state index contributed by atoms with van der Waals surface area (Å²) in [5, 5.41) is 4.20. The van der Waals surface area contributed by atoms with Crippen molar-refractivity contribution in [2.24, 2.45) is 0 Å². The van der Waals surface area contributed by atoms with Crippen molar-refractivity contribution in [1.29, 1.82) is 0 Å². The van der Waals surface area contributed by atoms with E-state index in [1.54, 1.807) is 7.11 Å². The SMILES string of the molecule is CCCNCC(COC)c1ccc(Cl)cc1. The maximum atomic E-state index is 5.87. The Morgan fingerprint density at radius 2 is 2.00 bits per heavy atom. The molecule has 0 saturated carbocycles. The van der Waals surface area contributed by atoms with Crippen LogP contribution in [0.2, 0.25) is 5.02 Å². The molecule has 1 N–H and O–H groups in total. The van der Waals surface area contributed by atoms with Crippen LogP contribution < -0.4 is 5.32 Å². The topological polar surface area (TPSA) is 21.3 Å². The molecule has 2 nitrogen and oxygen atoms in total. The molecule has 1 unspecified atom stereocenters. The van der Waals surface area contributed by atoms with Gasteiger partial charge in [0.25, 0.3) is 0 Å². The second kappa shape index (κ2) is 7.66. The summed E-state index contributed by atoms with van der Waals surface area (Å²) in [7, 11) is 1.74. The van der Waals surface area contributed by atoms with Gasteiger partial charge in [0.2, 0.25) is 0 Å². The Morgan fingerprint density at radius 3 is 2.56 bits per heavy atom. The number of hydrogen-bond acceptors (Lipinski definition) is 2. The Balaban J connectivity index is 2.57. The fourth-order valence-corrected chi connectivity index (χ4v) is 1.79. The standard InChI is InChI=1S/C13H20ClNO/c1-3-8-15-9-12(10-16-2)11-4-6-13(14)7-5-11/h4-7,12,15H,3,8-10H2,1-2H3. The molecule has 3 heteroatoms. The van der Waals surface area contributed by atoms with Gasteiger partial charge in [0.15, 0.2) is 0 Å². The lowest BCUT2D eigenvalue weighted by Gasteiger charge is -2.17. The molecule has 0 amide bonds. The summed E-state index contributed by atoms with van der Waals surface area (Å²) in [6.45, 7) is 4.90. The minimum atomic E-state index is 0.397. The van der Waals surface area contributed by atoms with Crippen molar-refractivity contribution in [2.75, 3.05) is 26.8 Å². The Morgan fingerprint density at radius 1 is 1.31 bits per heavy atom. The number of halogens is 1. The normalized spacial score (nSPS) is 12.7. The number of nitrogens with one attached hydrogen (secondary N) is 1. The predicted molar refractivity (Wildman–Crippen MR) is 69.2 cm³/mol. The number of hydrogen-bond donors (Lipinski definition) is 1. The molecule has 0 radical (unpaired) electrons. The van der Waals surface area contributed by atoms with Crippen LogP contribution in [0, 0.1) is 0 Å². The summed E-state index contributed by atoms with van der Waals surface area (Å²) in [4.78, 5) is 0. The zero-order valence-electron chi connectivity index (χ0n) is 10.0. The molecule has 0 saturated heterocycles. The number of ether oxygens (including phenoxy) is 1. The van der Waals surface area contributed by atoms with Crippen molar-refractivity contribution < 1.29 is 4.74 Å². The highest BCUT2D eigenvalue weighted by Gasteiger charge is 2.10. The van der Waals surface area contributed by atoms with E-state index in [4.69, 9.17) is 16.3 Å². The van der Waals surface area contributed by atoms with Gasteiger partial charge < -0.3 is 10.1 Å². The van der Waals surface area contributed by atoms with Crippen LogP contribution in [0.15, 0.2) is 24.3 Å². The van der Waals surface area contributed by atoms with Gasteiger partial charge in [-0.15, -0.1) is 0 Å². The predicted octanol–water partition coefficient (Wildman–Crippen LogP) is 3.07. The van der Waals surface area contributed by atoms with E-state index in [1.165, 1.54) is 5.56 Å². The summed E-state index contributed by atoms with van der Waals surface area (Å²) < 4.78 is 5.25. The van der Waals surface area contributed by atoms with Crippen LogP contribution in [-0.4, -0.2) is 26.8 Å². The lowest BCUT2D eigenvalue weighted by molar-refractivity contribution is 0.178. The summed E-state index contributed by atoms with van der Waals surface area (Å²) in [5.74, 6) is 0.397. The summed E-state index contributed by atoms with van der Waals surface area (Å²) in [6, 6.07) is 8.00. The van der Waals surface area contributed by atoms with Crippen LogP contribution in [0.3, 0.4) is 0 Å². The smallest absolute Gasteiger partial charge is 0.0543 e. The fourth-order valence-electron chi connectivity index (χ4n) is 1.66. The van der Waals surface area contributed by atoms with Crippen molar-refractivity contribution in [2.45, 2.75) is 19.3 Å². The van der Waals surface area contributed by atoms with E-state index >= 15 is 0 Å². The van der Waals surface area contributed by atoms with E-state index < -0.39 is 0 Å². The molecule has 1 rings (SSSR count). The third-order valence-electron chi connectivity index (χ3n) is 2.53. The molecule has 0 heterocycles. The zero-order valence-corrected chi connectivity index (χ0v) is 10.8. The third kappa shape index (κ3) is 4.52. The van der Waals surface area contributed by atoms with Gasteiger partial charge in [0.05, 0.1) is 6.61 Å². The quantitative estimate of drug-likeness (QED) is 0.741. The highest BCUT2D eigenvalue weighted by molar-refractivity contribution is 6.30. The fraction of sp³-hybridized carbons (Fsp3) is 0.538. The first-order chi connectivity index (χ1) is 7.77. The molecule has 90 valence electrons. The number of benzene rings is 1. The molecule has 0 aliphatic heterocycles. The molecule has 0 spiro atoms. The van der Waals surface area contributed by atoms with Gasteiger partial charge in [-0.2, -0.15) is 0 Å². The van der Waals surface area contributed by atoms with Gasteiger partial charge in [-0.25, -0.2) is 0 Å². The van der Waals surface area contributed by atoms with Gasteiger partial charge in [-0.3, -0.25) is 0 Å². The van der Waals surface area contributed by atoms with Crippen LogP contribution in [0.4, 0.5) is 0 Å². The van der Waals surface area contributed by atoms with Gasteiger partial charge in [0, 0.05) is 24.6 Å². The lowest BCUT2D eigenvalue weighted by atomic mass is 10.00. The van der Waals surface area contributed by atoms with E-state index in [9.17, 15) is 0 Å². The average molecular weight is 242 g/mol. The maximum absolute atomic E-state index is 5.87. The summed E-state index contributed by atoms with van der Waals surface area (Å²) in [5.41, 5.74) is 1.27. The van der Waals surface area contributed by atoms with Crippen molar-refractivity contribution in [3.63, 3.8) is 0 Å². The molecule has 1 atom stereocenters. The molecule has 16 heavy (non-hydrogen) atoms. The van der Waals surface area contributed by atoms with E-state index in [2.05, 4.69) is 24.4 Å². The van der Waals surface area contributed by atoms with E-state index in [0.29, 0.717) is 5.92 Å². The minimum absolute atomic E-state index is 0.397. The summed E-state index contributed by atoms with van der Waals surface area (Å²) in [6.07, 6.45) is 1.15. The summed E-state index contributed by atoms with van der Waals surface area (Å²) >= 11 is 5.87. The molecule has 1 aromatic rings. The lowest BCUT2D eigenvalue weighted by Crippen LogP contribution is -2.24. The van der Waals surface area contributed by atoms with Gasteiger partial charge >= 0.3 is 0 Å². The van der Waals surface area contributed by atoms with Crippen molar-refractivity contribution in [1.82, 2.24) is 5.32 Å². The second-order valence-electron chi connectivity index (χ2n) is 3.91. The first-order valence-corrected chi connectivity index (χ1v) is 6.10. The van der Waals surface area contributed by atoms with Crippen LogP contribution >= 0.6 is 11.6 Å². The highest BCUT2D eigenvalue weighted by atomic mass is 35.5. The van der Waals surface area contributed by atoms with Crippen molar-refractivity contribution >= 4 is 11.6 Å². The molecule has 0 fully saturated rings.